The molecule has 25 heavy (non-hydrogen) atoms. The fraction of sp³-hybridized carbons (Fsp3) is 0.500. The van der Waals surface area contributed by atoms with Gasteiger partial charge < -0.3 is 14.7 Å². The van der Waals surface area contributed by atoms with E-state index in [9.17, 15) is 14.4 Å². The molecular weight excluding hydrogens is 324 g/mol. The lowest BCUT2D eigenvalue weighted by molar-refractivity contribution is -0.141. The summed E-state index contributed by atoms with van der Waals surface area (Å²) in [4.78, 5) is 36.5. The molecule has 0 saturated carbocycles. The largest absolute Gasteiger partial charge is 0.481 e. The summed E-state index contributed by atoms with van der Waals surface area (Å²) >= 11 is 0. The number of nitrogens with one attached hydrogen (secondary N) is 1. The second-order valence-electron chi connectivity index (χ2n) is 7.28. The monoisotopic (exact) mass is 348 g/mol. The van der Waals surface area contributed by atoms with Crippen molar-refractivity contribution in [3.8, 4) is 0 Å². The minimum atomic E-state index is -0.951. The average Bonchev–Trinajstić information content (AvgIpc) is 2.82. The van der Waals surface area contributed by atoms with E-state index in [4.69, 9.17) is 9.84 Å². The van der Waals surface area contributed by atoms with Crippen molar-refractivity contribution >= 4 is 23.7 Å². The highest BCUT2D eigenvalue weighted by Crippen LogP contribution is 2.23. The van der Waals surface area contributed by atoms with Crippen LogP contribution in [0.25, 0.3) is 0 Å². The van der Waals surface area contributed by atoms with Gasteiger partial charge in [-0.05, 0) is 51.0 Å². The Morgan fingerprint density at radius 2 is 2.04 bits per heavy atom. The second kappa shape index (κ2) is 7.13. The maximum atomic E-state index is 12.0. The number of rotatable bonds is 4. The van der Waals surface area contributed by atoms with E-state index in [0.717, 1.165) is 11.1 Å². The molecule has 0 radical (unpaired) electrons. The van der Waals surface area contributed by atoms with E-state index < -0.39 is 23.6 Å². The van der Waals surface area contributed by atoms with Gasteiger partial charge in [0.2, 0.25) is 5.91 Å². The van der Waals surface area contributed by atoms with Crippen molar-refractivity contribution in [3.05, 3.63) is 29.3 Å². The first-order chi connectivity index (χ1) is 11.5. The summed E-state index contributed by atoms with van der Waals surface area (Å²) in [6.07, 6.45) is -0.518. The summed E-state index contributed by atoms with van der Waals surface area (Å²) in [6, 6.07) is 5.38. The molecule has 1 aliphatic heterocycles. The van der Waals surface area contributed by atoms with Crippen LogP contribution in [0, 0.1) is 12.8 Å². The SMILES string of the molecule is Cc1ccc(NC(=O)OC(C)(C)C)cc1CN1CC(C(=O)O)CC1=O. The predicted molar refractivity (Wildman–Crippen MR) is 92.2 cm³/mol. The number of nitrogens with zero attached hydrogens (tertiary/aromatic N) is 1. The van der Waals surface area contributed by atoms with Crippen molar-refractivity contribution in [3.63, 3.8) is 0 Å². The molecular formula is C18H24N2O5. The van der Waals surface area contributed by atoms with Gasteiger partial charge in [0.25, 0.3) is 0 Å². The quantitative estimate of drug-likeness (QED) is 0.872. The first kappa shape index (κ1) is 18.8. The number of likely N-dealkylation sites (tertiary alicyclic amines) is 1. The zero-order valence-corrected chi connectivity index (χ0v) is 15.0. The Morgan fingerprint density at radius 3 is 2.60 bits per heavy atom. The molecule has 1 aromatic carbocycles. The molecule has 2 N–H and O–H groups in total. The summed E-state index contributed by atoms with van der Waals surface area (Å²) in [6.45, 7) is 7.78. The zero-order valence-electron chi connectivity index (χ0n) is 15.0. The molecule has 1 atom stereocenters. The van der Waals surface area contributed by atoms with Crippen molar-refractivity contribution in [2.45, 2.75) is 46.3 Å². The van der Waals surface area contributed by atoms with E-state index >= 15 is 0 Å². The summed E-state index contributed by atoms with van der Waals surface area (Å²) in [5.74, 6) is -1.78. The molecule has 7 heteroatoms. The molecule has 1 aliphatic rings. The Hall–Kier alpha value is -2.57. The van der Waals surface area contributed by atoms with Crippen LogP contribution in [0.4, 0.5) is 10.5 Å². The third-order valence-electron chi connectivity index (χ3n) is 3.92. The van der Waals surface area contributed by atoms with Crippen LogP contribution >= 0.6 is 0 Å². The fourth-order valence-corrected chi connectivity index (χ4v) is 2.64. The van der Waals surface area contributed by atoms with Gasteiger partial charge in [0.1, 0.15) is 5.60 Å². The maximum Gasteiger partial charge on any atom is 0.412 e. The van der Waals surface area contributed by atoms with E-state index in [1.54, 1.807) is 37.8 Å². The highest BCUT2D eigenvalue weighted by Gasteiger charge is 2.34. The average molecular weight is 348 g/mol. The van der Waals surface area contributed by atoms with Gasteiger partial charge in [0, 0.05) is 25.2 Å². The standard InChI is InChI=1S/C18H24N2O5/c1-11-5-6-14(19-17(24)25-18(2,3)4)7-12(11)9-20-10-13(16(22)23)8-15(20)21/h5-7,13H,8-10H2,1-4H3,(H,19,24)(H,22,23). The Bertz CT molecular complexity index is 693. The third-order valence-corrected chi connectivity index (χ3v) is 3.92. The zero-order chi connectivity index (χ0) is 18.8. The van der Waals surface area contributed by atoms with Crippen LogP contribution in [-0.2, 0) is 20.9 Å². The van der Waals surface area contributed by atoms with Gasteiger partial charge in [-0.15, -0.1) is 0 Å². The molecule has 1 heterocycles. The number of carboxylic acid groups (broad SMARTS) is 1. The lowest BCUT2D eigenvalue weighted by atomic mass is 10.1. The maximum absolute atomic E-state index is 12.0. The van der Waals surface area contributed by atoms with Crippen molar-refractivity contribution < 1.29 is 24.2 Å². The van der Waals surface area contributed by atoms with Crippen LogP contribution in [0.2, 0.25) is 0 Å². The molecule has 0 aliphatic carbocycles. The van der Waals surface area contributed by atoms with Gasteiger partial charge in [-0.25, -0.2) is 4.79 Å². The number of carbonyl (C=O) groups excluding carboxylic acids is 2. The van der Waals surface area contributed by atoms with E-state index in [1.165, 1.54) is 0 Å². The van der Waals surface area contributed by atoms with E-state index in [-0.39, 0.29) is 18.9 Å². The molecule has 1 unspecified atom stereocenters. The highest BCUT2D eigenvalue weighted by atomic mass is 16.6. The van der Waals surface area contributed by atoms with Crippen LogP contribution in [0.5, 0.6) is 0 Å². The molecule has 1 fully saturated rings. The van der Waals surface area contributed by atoms with E-state index in [2.05, 4.69) is 5.32 Å². The number of ether oxygens (including phenoxy) is 1. The number of hydrogen-bond acceptors (Lipinski definition) is 4. The molecule has 1 saturated heterocycles. The number of benzene rings is 1. The topological polar surface area (TPSA) is 95.9 Å². The van der Waals surface area contributed by atoms with Crippen LogP contribution in [0.3, 0.4) is 0 Å². The van der Waals surface area contributed by atoms with Crippen molar-refractivity contribution in [1.29, 1.82) is 0 Å². The highest BCUT2D eigenvalue weighted by molar-refractivity contribution is 5.86. The molecule has 0 aromatic heterocycles. The Morgan fingerprint density at radius 1 is 1.36 bits per heavy atom. The molecule has 0 spiro atoms. The summed E-state index contributed by atoms with van der Waals surface area (Å²) in [7, 11) is 0. The molecule has 136 valence electrons. The molecule has 7 nitrogen and oxygen atoms in total. The van der Waals surface area contributed by atoms with Crippen LogP contribution in [0.15, 0.2) is 18.2 Å². The predicted octanol–water partition coefficient (Wildman–Crippen LogP) is 2.78. The summed E-state index contributed by atoms with van der Waals surface area (Å²) in [5.41, 5.74) is 1.79. The molecule has 1 aromatic rings. The van der Waals surface area contributed by atoms with E-state index in [0.29, 0.717) is 12.2 Å². The third kappa shape index (κ3) is 5.20. The fourth-order valence-electron chi connectivity index (χ4n) is 2.64. The van der Waals surface area contributed by atoms with Crippen LogP contribution in [0.1, 0.15) is 38.3 Å². The number of amides is 2. The van der Waals surface area contributed by atoms with Gasteiger partial charge in [-0.3, -0.25) is 14.9 Å². The van der Waals surface area contributed by atoms with Gasteiger partial charge in [0.05, 0.1) is 5.92 Å². The Labute approximate surface area is 147 Å². The molecule has 2 amide bonds. The summed E-state index contributed by atoms with van der Waals surface area (Å²) in [5, 5.41) is 11.7. The first-order valence-electron chi connectivity index (χ1n) is 8.15. The Kier molecular flexibility index (Phi) is 5.35. The second-order valence-corrected chi connectivity index (χ2v) is 7.28. The van der Waals surface area contributed by atoms with Gasteiger partial charge >= 0.3 is 12.1 Å². The smallest absolute Gasteiger partial charge is 0.412 e. The van der Waals surface area contributed by atoms with Crippen molar-refractivity contribution in [2.75, 3.05) is 11.9 Å². The molecule has 2 rings (SSSR count). The number of carbonyl (C=O) groups is 3. The number of aryl methyl sites for hydroxylation is 1. The minimum Gasteiger partial charge on any atom is -0.481 e. The molecule has 0 bridgehead atoms. The summed E-state index contributed by atoms with van der Waals surface area (Å²) < 4.78 is 5.22. The van der Waals surface area contributed by atoms with Gasteiger partial charge in [-0.2, -0.15) is 0 Å². The van der Waals surface area contributed by atoms with Gasteiger partial charge in [-0.1, -0.05) is 6.07 Å². The number of hydrogen-bond donors (Lipinski definition) is 2. The lowest BCUT2D eigenvalue weighted by Gasteiger charge is -2.21. The van der Waals surface area contributed by atoms with Gasteiger partial charge in [0.15, 0.2) is 0 Å². The number of aliphatic carboxylic acids is 1. The first-order valence-corrected chi connectivity index (χ1v) is 8.15. The number of anilines is 1. The van der Waals surface area contributed by atoms with Crippen molar-refractivity contribution in [1.82, 2.24) is 4.90 Å². The van der Waals surface area contributed by atoms with Crippen LogP contribution < -0.4 is 5.32 Å². The normalized spacial score (nSPS) is 17.5. The number of carboxylic acids is 1. The lowest BCUT2D eigenvalue weighted by Crippen LogP contribution is -2.27. The Balaban J connectivity index is 2.08. The van der Waals surface area contributed by atoms with Crippen LogP contribution in [-0.4, -0.2) is 40.1 Å². The van der Waals surface area contributed by atoms with E-state index in [1.807, 2.05) is 13.0 Å². The van der Waals surface area contributed by atoms with Crippen molar-refractivity contribution in [2.24, 2.45) is 5.92 Å². The minimum absolute atomic E-state index is 0.0320.